The molecule has 5 heteroatoms. The molecule has 2 N–H and O–H groups in total. The minimum atomic E-state index is 0.485. The van der Waals surface area contributed by atoms with Crippen molar-refractivity contribution in [1.29, 1.82) is 0 Å². The summed E-state index contributed by atoms with van der Waals surface area (Å²) in [6.45, 7) is 0.648. The Hall–Kier alpha value is -1.29. The van der Waals surface area contributed by atoms with Gasteiger partial charge < -0.3 is 10.6 Å². The lowest BCUT2D eigenvalue weighted by molar-refractivity contribution is 0.926. The van der Waals surface area contributed by atoms with E-state index in [9.17, 15) is 0 Å². The van der Waals surface area contributed by atoms with Gasteiger partial charge in [0, 0.05) is 6.54 Å². The highest BCUT2D eigenvalue weighted by atomic mass is 35.5. The molecular weight excluding hydrogens is 299 g/mol. The summed E-state index contributed by atoms with van der Waals surface area (Å²) >= 11 is 17.3. The van der Waals surface area contributed by atoms with Crippen molar-refractivity contribution in [2.45, 2.75) is 6.54 Å². The van der Waals surface area contributed by atoms with E-state index < -0.39 is 0 Å². The second-order valence-corrected chi connectivity index (χ2v) is 5.11. The van der Waals surface area contributed by atoms with E-state index in [1.807, 2.05) is 30.3 Å². The van der Waals surface area contributed by atoms with Crippen molar-refractivity contribution >= 4 is 46.2 Å². The summed E-state index contributed by atoms with van der Waals surface area (Å²) in [5.74, 6) is 0. The lowest BCUT2D eigenvalue weighted by Crippen LogP contribution is -2.28. The van der Waals surface area contributed by atoms with Crippen LogP contribution in [0.4, 0.5) is 5.69 Å². The quantitative estimate of drug-likeness (QED) is 0.817. The Balaban J connectivity index is 1.95. The fraction of sp³-hybridized carbons (Fsp3) is 0.0714. The van der Waals surface area contributed by atoms with Gasteiger partial charge in [-0.2, -0.15) is 0 Å². The monoisotopic (exact) mass is 310 g/mol. The largest absolute Gasteiger partial charge is 0.358 e. The van der Waals surface area contributed by atoms with Crippen LogP contribution in [0.25, 0.3) is 0 Å². The van der Waals surface area contributed by atoms with E-state index in [0.717, 1.165) is 5.56 Å². The van der Waals surface area contributed by atoms with Gasteiger partial charge in [-0.05, 0) is 29.9 Å². The third-order valence-corrected chi connectivity index (χ3v) is 3.37. The number of hydrogen-bond acceptors (Lipinski definition) is 1. The zero-order valence-corrected chi connectivity index (χ0v) is 12.3. The van der Waals surface area contributed by atoms with Gasteiger partial charge in [-0.3, -0.25) is 0 Å². The summed E-state index contributed by atoms with van der Waals surface area (Å²) in [7, 11) is 0. The number of nitrogens with one attached hydrogen (secondary N) is 2. The molecule has 0 bridgehead atoms. The molecule has 2 aromatic carbocycles. The molecule has 0 aliphatic heterocycles. The Bertz CT molecular complexity index is 553. The van der Waals surface area contributed by atoms with E-state index in [1.165, 1.54) is 0 Å². The van der Waals surface area contributed by atoms with Gasteiger partial charge in [0.2, 0.25) is 0 Å². The van der Waals surface area contributed by atoms with Crippen LogP contribution in [0.2, 0.25) is 10.0 Å². The van der Waals surface area contributed by atoms with E-state index in [2.05, 4.69) is 10.6 Å². The predicted octanol–water partition coefficient (Wildman–Crippen LogP) is 4.48. The minimum absolute atomic E-state index is 0.485. The van der Waals surface area contributed by atoms with Crippen LogP contribution in [0, 0.1) is 0 Å². The number of para-hydroxylation sites is 1. The summed E-state index contributed by atoms with van der Waals surface area (Å²) in [5.41, 5.74) is 1.77. The summed E-state index contributed by atoms with van der Waals surface area (Å²) in [4.78, 5) is 0. The molecule has 2 aromatic rings. The molecule has 0 saturated carbocycles. The first kappa shape index (κ1) is 14.1. The molecular formula is C14H12Cl2N2S. The lowest BCUT2D eigenvalue weighted by Gasteiger charge is -2.13. The average molecular weight is 311 g/mol. The molecule has 19 heavy (non-hydrogen) atoms. The Morgan fingerprint density at radius 3 is 2.21 bits per heavy atom. The van der Waals surface area contributed by atoms with Gasteiger partial charge in [-0.25, -0.2) is 0 Å². The number of anilines is 1. The van der Waals surface area contributed by atoms with Crippen LogP contribution in [0.3, 0.4) is 0 Å². The first-order chi connectivity index (χ1) is 9.16. The SMILES string of the molecule is S=C(NCc1ccccc1)Nc1c(Cl)cccc1Cl. The molecule has 0 fully saturated rings. The fourth-order valence-electron chi connectivity index (χ4n) is 1.55. The van der Waals surface area contributed by atoms with Crippen LogP contribution in [0.5, 0.6) is 0 Å². The Morgan fingerprint density at radius 1 is 0.947 bits per heavy atom. The summed E-state index contributed by atoms with van der Waals surface area (Å²) < 4.78 is 0. The Morgan fingerprint density at radius 2 is 1.58 bits per heavy atom. The molecule has 0 amide bonds. The van der Waals surface area contributed by atoms with Gasteiger partial charge in [0.25, 0.3) is 0 Å². The smallest absolute Gasteiger partial charge is 0.171 e. The zero-order chi connectivity index (χ0) is 13.7. The van der Waals surface area contributed by atoms with Crippen LogP contribution < -0.4 is 10.6 Å². The van der Waals surface area contributed by atoms with Gasteiger partial charge in [0.1, 0.15) is 0 Å². The molecule has 2 rings (SSSR count). The van der Waals surface area contributed by atoms with E-state index >= 15 is 0 Å². The molecule has 0 heterocycles. The normalized spacial score (nSPS) is 10.0. The van der Waals surface area contributed by atoms with Crippen molar-refractivity contribution < 1.29 is 0 Å². The van der Waals surface area contributed by atoms with Crippen LogP contribution in [-0.4, -0.2) is 5.11 Å². The first-order valence-electron chi connectivity index (χ1n) is 5.69. The Kier molecular flexibility index (Phi) is 5.02. The molecule has 0 saturated heterocycles. The number of benzene rings is 2. The average Bonchev–Trinajstić information content (AvgIpc) is 2.42. The van der Waals surface area contributed by atoms with Crippen LogP contribution >= 0.6 is 35.4 Å². The van der Waals surface area contributed by atoms with Crippen molar-refractivity contribution in [2.24, 2.45) is 0 Å². The summed E-state index contributed by atoms with van der Waals surface area (Å²) in [5, 5.41) is 7.67. The van der Waals surface area contributed by atoms with E-state index in [0.29, 0.717) is 27.4 Å². The highest BCUT2D eigenvalue weighted by Gasteiger charge is 2.06. The standard InChI is InChI=1S/C14H12Cl2N2S/c15-11-7-4-8-12(16)13(11)18-14(19)17-9-10-5-2-1-3-6-10/h1-8H,9H2,(H2,17,18,19). The van der Waals surface area contributed by atoms with E-state index in [1.54, 1.807) is 18.2 Å². The molecule has 0 aliphatic rings. The molecule has 0 atom stereocenters. The molecule has 0 spiro atoms. The van der Waals surface area contributed by atoms with Crippen molar-refractivity contribution in [3.63, 3.8) is 0 Å². The Labute approximate surface area is 127 Å². The molecule has 0 aliphatic carbocycles. The molecule has 0 radical (unpaired) electrons. The van der Waals surface area contributed by atoms with Gasteiger partial charge >= 0.3 is 0 Å². The third-order valence-electron chi connectivity index (χ3n) is 2.50. The number of rotatable bonds is 3. The topological polar surface area (TPSA) is 24.1 Å². The third kappa shape index (κ3) is 4.10. The number of hydrogen-bond donors (Lipinski definition) is 2. The van der Waals surface area contributed by atoms with Crippen LogP contribution in [0.1, 0.15) is 5.56 Å². The van der Waals surface area contributed by atoms with Gasteiger partial charge in [0.05, 0.1) is 15.7 Å². The van der Waals surface area contributed by atoms with Crippen molar-refractivity contribution in [2.75, 3.05) is 5.32 Å². The van der Waals surface area contributed by atoms with Crippen LogP contribution in [-0.2, 0) is 6.54 Å². The van der Waals surface area contributed by atoms with Crippen molar-refractivity contribution in [3.05, 3.63) is 64.1 Å². The summed E-state index contributed by atoms with van der Waals surface area (Å²) in [6, 6.07) is 15.3. The molecule has 98 valence electrons. The van der Waals surface area contributed by atoms with Crippen molar-refractivity contribution in [3.8, 4) is 0 Å². The number of thiocarbonyl (C=S) groups is 1. The molecule has 0 aromatic heterocycles. The maximum absolute atomic E-state index is 6.06. The number of halogens is 2. The van der Waals surface area contributed by atoms with Gasteiger partial charge in [-0.1, -0.05) is 59.6 Å². The summed E-state index contributed by atoms with van der Waals surface area (Å²) in [6.07, 6.45) is 0. The van der Waals surface area contributed by atoms with E-state index in [4.69, 9.17) is 35.4 Å². The highest BCUT2D eigenvalue weighted by Crippen LogP contribution is 2.29. The predicted molar refractivity (Wildman–Crippen MR) is 86.0 cm³/mol. The van der Waals surface area contributed by atoms with Crippen LogP contribution in [0.15, 0.2) is 48.5 Å². The molecule has 2 nitrogen and oxygen atoms in total. The van der Waals surface area contributed by atoms with E-state index in [-0.39, 0.29) is 0 Å². The van der Waals surface area contributed by atoms with Gasteiger partial charge in [0.15, 0.2) is 5.11 Å². The maximum Gasteiger partial charge on any atom is 0.171 e. The maximum atomic E-state index is 6.06. The molecule has 0 unspecified atom stereocenters. The lowest BCUT2D eigenvalue weighted by atomic mass is 10.2. The van der Waals surface area contributed by atoms with Gasteiger partial charge in [-0.15, -0.1) is 0 Å². The minimum Gasteiger partial charge on any atom is -0.358 e. The highest BCUT2D eigenvalue weighted by molar-refractivity contribution is 7.80. The second-order valence-electron chi connectivity index (χ2n) is 3.89. The second kappa shape index (κ2) is 6.75. The van der Waals surface area contributed by atoms with Crippen molar-refractivity contribution in [1.82, 2.24) is 5.32 Å². The first-order valence-corrected chi connectivity index (χ1v) is 6.86. The zero-order valence-electron chi connectivity index (χ0n) is 9.99. The fourth-order valence-corrected chi connectivity index (χ4v) is 2.22.